The number of imidazole rings is 1. The normalized spacial score (nSPS) is 11.7. The lowest BCUT2D eigenvalue weighted by atomic mass is 9.92. The number of pyridine rings is 1. The van der Waals surface area contributed by atoms with Gasteiger partial charge < -0.3 is 4.74 Å². The fraction of sp³-hybridized carbons (Fsp3) is 0.191. The van der Waals surface area contributed by atoms with Gasteiger partial charge in [0.05, 0.1) is 22.4 Å². The lowest BCUT2D eigenvalue weighted by Crippen LogP contribution is -2.12. The van der Waals surface area contributed by atoms with Gasteiger partial charge in [-0.25, -0.2) is 9.97 Å². The Labute approximate surface area is 312 Å². The zero-order valence-corrected chi connectivity index (χ0v) is 31.2. The second-order valence-electron chi connectivity index (χ2n) is 14.6. The van der Waals surface area contributed by atoms with Crippen LogP contribution in [-0.4, -0.2) is 19.1 Å². The van der Waals surface area contributed by atoms with Gasteiger partial charge in [0.2, 0.25) is 5.95 Å². The SMILES string of the molecule is CC(C)c1ccnc(N(c2ccccc2)c2cccc(Oc3ccc4c5ccccc5n(-c5nccn5-c5c(C(C)C)cccc5C(C)C)c4c3)c2)c1. The van der Waals surface area contributed by atoms with E-state index in [0.717, 1.165) is 51.1 Å². The first kappa shape index (κ1) is 34.0. The number of aromatic nitrogens is 4. The molecule has 0 N–H and O–H groups in total. The molecule has 0 fully saturated rings. The van der Waals surface area contributed by atoms with E-state index in [9.17, 15) is 0 Å². The Morgan fingerprint density at radius 1 is 0.547 bits per heavy atom. The highest BCUT2D eigenvalue weighted by Gasteiger charge is 2.22. The molecule has 0 radical (unpaired) electrons. The Bertz CT molecular complexity index is 2520. The number of para-hydroxylation sites is 3. The van der Waals surface area contributed by atoms with Crippen LogP contribution < -0.4 is 9.64 Å². The van der Waals surface area contributed by atoms with Crippen LogP contribution in [0, 0.1) is 0 Å². The van der Waals surface area contributed by atoms with Crippen LogP contribution in [0.2, 0.25) is 0 Å². The predicted octanol–water partition coefficient (Wildman–Crippen LogP) is 13.0. The number of fused-ring (bicyclic) bond motifs is 3. The summed E-state index contributed by atoms with van der Waals surface area (Å²) >= 11 is 0. The number of benzene rings is 5. The zero-order valence-electron chi connectivity index (χ0n) is 31.2. The lowest BCUT2D eigenvalue weighted by molar-refractivity contribution is 0.483. The predicted molar refractivity (Wildman–Crippen MR) is 219 cm³/mol. The monoisotopic (exact) mass is 695 g/mol. The Morgan fingerprint density at radius 3 is 1.98 bits per heavy atom. The molecule has 0 amide bonds. The summed E-state index contributed by atoms with van der Waals surface area (Å²) in [5, 5.41) is 2.31. The molecule has 0 unspecified atom stereocenters. The van der Waals surface area contributed by atoms with E-state index in [0.29, 0.717) is 17.8 Å². The summed E-state index contributed by atoms with van der Waals surface area (Å²) in [4.78, 5) is 12.0. The first-order chi connectivity index (χ1) is 25.8. The molecule has 8 rings (SSSR count). The highest BCUT2D eigenvalue weighted by Crippen LogP contribution is 2.40. The highest BCUT2D eigenvalue weighted by molar-refractivity contribution is 6.09. The maximum atomic E-state index is 6.71. The Kier molecular flexibility index (Phi) is 9.05. The van der Waals surface area contributed by atoms with Gasteiger partial charge in [0, 0.05) is 47.2 Å². The first-order valence-corrected chi connectivity index (χ1v) is 18.6. The van der Waals surface area contributed by atoms with E-state index >= 15 is 0 Å². The van der Waals surface area contributed by atoms with E-state index < -0.39 is 0 Å². The molecule has 0 aliphatic rings. The van der Waals surface area contributed by atoms with Gasteiger partial charge in [0.25, 0.3) is 0 Å². The fourth-order valence-electron chi connectivity index (χ4n) is 7.38. The average Bonchev–Trinajstić information content (AvgIpc) is 3.77. The molecule has 0 saturated heterocycles. The van der Waals surface area contributed by atoms with Crippen LogP contribution in [0.4, 0.5) is 17.2 Å². The molecule has 0 atom stereocenters. The van der Waals surface area contributed by atoms with Gasteiger partial charge in [-0.3, -0.25) is 14.0 Å². The lowest BCUT2D eigenvalue weighted by Gasteiger charge is -2.25. The topological polar surface area (TPSA) is 48.1 Å². The van der Waals surface area contributed by atoms with Gasteiger partial charge in [-0.05, 0) is 89.0 Å². The highest BCUT2D eigenvalue weighted by atomic mass is 16.5. The van der Waals surface area contributed by atoms with Crippen LogP contribution in [0.5, 0.6) is 11.5 Å². The van der Waals surface area contributed by atoms with Gasteiger partial charge in [0.1, 0.15) is 17.3 Å². The van der Waals surface area contributed by atoms with E-state index in [1.165, 1.54) is 27.8 Å². The van der Waals surface area contributed by atoms with Crippen molar-refractivity contribution in [3.05, 3.63) is 163 Å². The minimum Gasteiger partial charge on any atom is -0.457 e. The van der Waals surface area contributed by atoms with Crippen LogP contribution in [0.3, 0.4) is 0 Å². The molecular formula is C47H45N5O. The van der Waals surface area contributed by atoms with Crippen LogP contribution >= 0.6 is 0 Å². The van der Waals surface area contributed by atoms with Crippen LogP contribution in [0.1, 0.15) is 76.0 Å². The maximum absolute atomic E-state index is 6.71. The number of nitrogens with zero attached hydrogens (tertiary/aromatic N) is 5. The number of hydrogen-bond acceptors (Lipinski definition) is 4. The standard InChI is InChI=1S/C47H45N5O/c1-31(2)34-24-25-48-45(28-34)51(35-14-8-7-9-15-35)36-16-12-17-37(29-36)53-38-22-23-42-41-18-10-11-21-43(41)52(44(42)30-38)47-49-26-27-50(47)46-39(32(3)4)19-13-20-40(46)33(5)6/h7-33H,1-6H3. The molecule has 6 heteroatoms. The fourth-order valence-corrected chi connectivity index (χ4v) is 7.38. The van der Waals surface area contributed by atoms with E-state index in [1.54, 1.807) is 0 Å². The Morgan fingerprint density at radius 2 is 1.23 bits per heavy atom. The minimum absolute atomic E-state index is 0.348. The third-order valence-corrected chi connectivity index (χ3v) is 10.0. The van der Waals surface area contributed by atoms with Crippen molar-refractivity contribution in [2.75, 3.05) is 4.90 Å². The second-order valence-corrected chi connectivity index (χ2v) is 14.6. The van der Waals surface area contributed by atoms with Crippen LogP contribution in [0.25, 0.3) is 33.4 Å². The van der Waals surface area contributed by atoms with E-state index in [4.69, 9.17) is 14.7 Å². The Hall–Kier alpha value is -6.14. The smallest absolute Gasteiger partial charge is 0.219 e. The molecule has 0 saturated carbocycles. The van der Waals surface area contributed by atoms with Crippen molar-refractivity contribution in [1.29, 1.82) is 0 Å². The van der Waals surface area contributed by atoms with Gasteiger partial charge >= 0.3 is 0 Å². The van der Waals surface area contributed by atoms with Gasteiger partial charge in [0.15, 0.2) is 0 Å². The summed E-state index contributed by atoms with van der Waals surface area (Å²) < 4.78 is 11.3. The molecule has 53 heavy (non-hydrogen) atoms. The van der Waals surface area contributed by atoms with Crippen molar-refractivity contribution < 1.29 is 4.74 Å². The van der Waals surface area contributed by atoms with Gasteiger partial charge in [-0.15, -0.1) is 0 Å². The van der Waals surface area contributed by atoms with Crippen LogP contribution in [0.15, 0.2) is 146 Å². The molecule has 8 aromatic rings. The molecule has 264 valence electrons. The summed E-state index contributed by atoms with van der Waals surface area (Å²) in [6.45, 7) is 13.5. The van der Waals surface area contributed by atoms with Crippen molar-refractivity contribution in [3.63, 3.8) is 0 Å². The molecule has 3 aromatic heterocycles. The maximum Gasteiger partial charge on any atom is 0.219 e. The Balaban J connectivity index is 1.24. The molecule has 6 nitrogen and oxygen atoms in total. The van der Waals surface area contributed by atoms with E-state index in [-0.39, 0.29) is 0 Å². The van der Waals surface area contributed by atoms with Crippen LogP contribution in [-0.2, 0) is 0 Å². The third kappa shape index (κ3) is 6.35. The van der Waals surface area contributed by atoms with Gasteiger partial charge in [-0.1, -0.05) is 102 Å². The molecule has 0 aliphatic carbocycles. The molecule has 0 bridgehead atoms. The number of hydrogen-bond donors (Lipinski definition) is 0. The summed E-state index contributed by atoms with van der Waals surface area (Å²) in [6.07, 6.45) is 5.90. The minimum atomic E-state index is 0.348. The summed E-state index contributed by atoms with van der Waals surface area (Å²) in [5.41, 5.74) is 9.16. The summed E-state index contributed by atoms with van der Waals surface area (Å²) in [5.74, 6) is 4.27. The van der Waals surface area contributed by atoms with Crippen molar-refractivity contribution in [2.45, 2.75) is 59.3 Å². The second kappa shape index (κ2) is 14.1. The van der Waals surface area contributed by atoms with Crippen molar-refractivity contribution in [3.8, 4) is 23.1 Å². The number of anilines is 3. The van der Waals surface area contributed by atoms with Crippen molar-refractivity contribution >= 4 is 39.0 Å². The number of ether oxygens (including phenoxy) is 1. The van der Waals surface area contributed by atoms with Crippen molar-refractivity contribution in [1.82, 2.24) is 19.1 Å². The molecular weight excluding hydrogens is 651 g/mol. The van der Waals surface area contributed by atoms with E-state index in [2.05, 4.69) is 171 Å². The quantitative estimate of drug-likeness (QED) is 0.143. The molecule has 0 aliphatic heterocycles. The number of rotatable bonds is 10. The van der Waals surface area contributed by atoms with E-state index in [1.807, 2.05) is 30.6 Å². The molecule has 5 aromatic carbocycles. The summed E-state index contributed by atoms with van der Waals surface area (Å²) in [6, 6.07) is 44.5. The average molecular weight is 696 g/mol. The van der Waals surface area contributed by atoms with Gasteiger partial charge in [-0.2, -0.15) is 0 Å². The molecule has 3 heterocycles. The summed E-state index contributed by atoms with van der Waals surface area (Å²) in [7, 11) is 0. The first-order valence-electron chi connectivity index (χ1n) is 18.6. The largest absolute Gasteiger partial charge is 0.457 e. The zero-order chi connectivity index (χ0) is 36.6. The molecule has 0 spiro atoms. The van der Waals surface area contributed by atoms with Crippen molar-refractivity contribution in [2.24, 2.45) is 0 Å². The third-order valence-electron chi connectivity index (χ3n) is 10.0.